The Labute approximate surface area is 135 Å². The topological polar surface area (TPSA) is 35.5 Å². The molecule has 0 atom stereocenters. The molecule has 0 radical (unpaired) electrons. The lowest BCUT2D eigenvalue weighted by Crippen LogP contribution is -2.36. The summed E-state index contributed by atoms with van der Waals surface area (Å²) in [6.45, 7) is 10.8. The molecular weight excluding hydrogens is 292 g/mol. The van der Waals surface area contributed by atoms with E-state index in [1.54, 1.807) is 6.92 Å². The van der Waals surface area contributed by atoms with E-state index in [4.69, 9.17) is 9.16 Å². The van der Waals surface area contributed by atoms with E-state index in [1.165, 1.54) is 5.56 Å². The average Bonchev–Trinajstić information content (AvgIpc) is 2.55. The number of hydrogen-bond donors (Lipinski definition) is 0. The molecule has 0 amide bonds. The van der Waals surface area contributed by atoms with Gasteiger partial charge >= 0.3 is 5.97 Å². The molecule has 0 bridgehead atoms. The van der Waals surface area contributed by atoms with E-state index < -0.39 is 8.32 Å². The number of carbonyl (C=O) groups excluding carboxylic acids is 1. The first-order chi connectivity index (χ1) is 10.5. The van der Waals surface area contributed by atoms with Crippen LogP contribution in [-0.2, 0) is 20.6 Å². The molecule has 0 aliphatic heterocycles. The van der Waals surface area contributed by atoms with Gasteiger partial charge in [-0.1, -0.05) is 50.8 Å². The predicted molar refractivity (Wildman–Crippen MR) is 93.1 cm³/mol. The number of benzene rings is 1. The molecule has 0 N–H and O–H groups in total. The largest absolute Gasteiger partial charge is 0.462 e. The fourth-order valence-electron chi connectivity index (χ4n) is 2.37. The summed E-state index contributed by atoms with van der Waals surface area (Å²) in [5.74, 6) is -0.300. The third kappa shape index (κ3) is 6.16. The van der Waals surface area contributed by atoms with E-state index in [0.29, 0.717) is 18.8 Å². The van der Waals surface area contributed by atoms with Crippen LogP contribution in [-0.4, -0.2) is 20.9 Å². The number of rotatable bonds is 10. The molecule has 3 nitrogen and oxygen atoms in total. The average molecular weight is 321 g/mol. The first kappa shape index (κ1) is 18.7. The maximum absolute atomic E-state index is 11.4. The zero-order valence-electron chi connectivity index (χ0n) is 14.1. The van der Waals surface area contributed by atoms with Gasteiger partial charge in [0.15, 0.2) is 8.32 Å². The highest BCUT2D eigenvalue weighted by atomic mass is 28.4. The molecule has 0 fully saturated rings. The molecule has 0 unspecified atom stereocenters. The standard InChI is InChI=1S/C18H28O3Si/c1-5-22(6-2,14-10-13-20-18(19)16(3)4)21-15-17-11-8-7-9-12-17/h7-9,11-12H,3,5-6,10,13-15H2,1-2,4H3. The SMILES string of the molecule is C=C(C)C(=O)OCCC[Si](CC)(CC)OCc1ccccc1. The summed E-state index contributed by atoms with van der Waals surface area (Å²) in [4.78, 5) is 11.4. The molecule has 4 heteroatoms. The lowest BCUT2D eigenvalue weighted by Gasteiger charge is -2.29. The van der Waals surface area contributed by atoms with Gasteiger partial charge in [-0.3, -0.25) is 0 Å². The van der Waals surface area contributed by atoms with Gasteiger partial charge in [0.05, 0.1) is 13.2 Å². The van der Waals surface area contributed by atoms with Gasteiger partial charge in [-0.25, -0.2) is 4.79 Å². The Morgan fingerprint density at radius 3 is 2.36 bits per heavy atom. The van der Waals surface area contributed by atoms with Gasteiger partial charge in [-0.15, -0.1) is 0 Å². The Kier molecular flexibility index (Phi) is 8.13. The van der Waals surface area contributed by atoms with E-state index >= 15 is 0 Å². The highest BCUT2D eigenvalue weighted by molar-refractivity contribution is 6.73. The number of carbonyl (C=O) groups is 1. The van der Waals surface area contributed by atoms with Crippen LogP contribution < -0.4 is 0 Å². The summed E-state index contributed by atoms with van der Waals surface area (Å²) in [5.41, 5.74) is 1.67. The minimum Gasteiger partial charge on any atom is -0.462 e. The van der Waals surface area contributed by atoms with Gasteiger partial charge < -0.3 is 9.16 Å². The van der Waals surface area contributed by atoms with E-state index in [-0.39, 0.29) is 5.97 Å². The smallest absolute Gasteiger partial charge is 0.333 e. The lowest BCUT2D eigenvalue weighted by molar-refractivity contribution is -0.138. The number of esters is 1. The first-order valence-electron chi connectivity index (χ1n) is 8.03. The molecule has 0 saturated carbocycles. The summed E-state index contributed by atoms with van der Waals surface area (Å²) in [7, 11) is -1.74. The van der Waals surface area contributed by atoms with Crippen LogP contribution in [0.5, 0.6) is 0 Å². The normalized spacial score (nSPS) is 11.2. The molecule has 0 aromatic heterocycles. The van der Waals surface area contributed by atoms with Crippen molar-refractivity contribution in [2.45, 2.75) is 51.9 Å². The Morgan fingerprint density at radius 1 is 1.18 bits per heavy atom. The Balaban J connectivity index is 2.45. The summed E-state index contributed by atoms with van der Waals surface area (Å²) >= 11 is 0. The monoisotopic (exact) mass is 320 g/mol. The first-order valence-corrected chi connectivity index (χ1v) is 10.6. The Morgan fingerprint density at radius 2 is 1.82 bits per heavy atom. The van der Waals surface area contributed by atoms with Gasteiger partial charge in [0, 0.05) is 5.57 Å². The van der Waals surface area contributed by atoms with Crippen molar-refractivity contribution in [2.75, 3.05) is 6.61 Å². The predicted octanol–water partition coefficient (Wildman–Crippen LogP) is 4.70. The highest BCUT2D eigenvalue weighted by Crippen LogP contribution is 2.25. The molecule has 0 saturated heterocycles. The van der Waals surface area contributed by atoms with Crippen LogP contribution in [0.1, 0.15) is 32.8 Å². The van der Waals surface area contributed by atoms with Crippen molar-refractivity contribution in [3.63, 3.8) is 0 Å². The van der Waals surface area contributed by atoms with Crippen LogP contribution in [0.4, 0.5) is 0 Å². The van der Waals surface area contributed by atoms with Crippen molar-refractivity contribution in [2.24, 2.45) is 0 Å². The maximum atomic E-state index is 11.4. The fraction of sp³-hybridized carbons (Fsp3) is 0.500. The number of hydrogen-bond acceptors (Lipinski definition) is 3. The molecule has 0 spiro atoms. The second-order valence-corrected chi connectivity index (χ2v) is 10.3. The van der Waals surface area contributed by atoms with Crippen molar-refractivity contribution in [1.29, 1.82) is 0 Å². The Hall–Kier alpha value is -1.39. The van der Waals surface area contributed by atoms with E-state index in [1.807, 2.05) is 18.2 Å². The van der Waals surface area contributed by atoms with E-state index in [0.717, 1.165) is 24.6 Å². The van der Waals surface area contributed by atoms with Crippen LogP contribution >= 0.6 is 0 Å². The third-order valence-corrected chi connectivity index (χ3v) is 8.63. The van der Waals surface area contributed by atoms with Crippen molar-refractivity contribution in [3.8, 4) is 0 Å². The minimum absolute atomic E-state index is 0.300. The summed E-state index contributed by atoms with van der Waals surface area (Å²) in [6, 6.07) is 13.5. The zero-order valence-corrected chi connectivity index (χ0v) is 15.1. The third-order valence-electron chi connectivity index (χ3n) is 4.03. The van der Waals surface area contributed by atoms with Crippen LogP contribution in [0.2, 0.25) is 18.1 Å². The molecule has 22 heavy (non-hydrogen) atoms. The number of ether oxygens (including phenoxy) is 1. The van der Waals surface area contributed by atoms with Gasteiger partial charge in [-0.05, 0) is 37.0 Å². The molecule has 0 aliphatic rings. The van der Waals surface area contributed by atoms with Gasteiger partial charge in [0.1, 0.15) is 0 Å². The van der Waals surface area contributed by atoms with E-state index in [2.05, 4.69) is 32.6 Å². The molecule has 0 aliphatic carbocycles. The maximum Gasteiger partial charge on any atom is 0.333 e. The quantitative estimate of drug-likeness (QED) is 0.271. The van der Waals surface area contributed by atoms with Crippen molar-refractivity contribution in [3.05, 3.63) is 48.0 Å². The van der Waals surface area contributed by atoms with Crippen molar-refractivity contribution in [1.82, 2.24) is 0 Å². The summed E-state index contributed by atoms with van der Waals surface area (Å²) < 4.78 is 11.5. The highest BCUT2D eigenvalue weighted by Gasteiger charge is 2.30. The van der Waals surface area contributed by atoms with Crippen LogP contribution in [0.3, 0.4) is 0 Å². The molecular formula is C18H28O3Si. The van der Waals surface area contributed by atoms with Crippen LogP contribution in [0, 0.1) is 0 Å². The van der Waals surface area contributed by atoms with Crippen molar-refractivity contribution >= 4 is 14.3 Å². The van der Waals surface area contributed by atoms with Crippen LogP contribution in [0.25, 0.3) is 0 Å². The lowest BCUT2D eigenvalue weighted by atomic mass is 10.2. The molecule has 122 valence electrons. The van der Waals surface area contributed by atoms with Gasteiger partial charge in [0.25, 0.3) is 0 Å². The fourth-order valence-corrected chi connectivity index (χ4v) is 5.39. The Bertz CT molecular complexity index is 466. The second kappa shape index (κ2) is 9.59. The molecule has 1 aromatic rings. The van der Waals surface area contributed by atoms with E-state index in [9.17, 15) is 4.79 Å². The van der Waals surface area contributed by atoms with Gasteiger partial charge in [-0.2, -0.15) is 0 Å². The van der Waals surface area contributed by atoms with Gasteiger partial charge in [0.2, 0.25) is 0 Å². The summed E-state index contributed by atoms with van der Waals surface area (Å²) in [6.07, 6.45) is 0.863. The molecule has 1 aromatic carbocycles. The van der Waals surface area contributed by atoms with Crippen LogP contribution in [0.15, 0.2) is 42.5 Å². The molecule has 1 rings (SSSR count). The second-order valence-electron chi connectivity index (χ2n) is 5.68. The molecule has 0 heterocycles. The zero-order chi connectivity index (χ0) is 16.4. The van der Waals surface area contributed by atoms with Crippen molar-refractivity contribution < 1.29 is 14.0 Å². The minimum atomic E-state index is -1.74. The summed E-state index contributed by atoms with van der Waals surface area (Å²) in [5, 5.41) is 0.